The number of hydrogen-bond donors (Lipinski definition) is 2. The number of allylic oxidation sites excluding steroid dienone is 2. The molecule has 328 valence electrons. The number of nitrogens with zero attached hydrogens (tertiary/aromatic N) is 1. The summed E-state index contributed by atoms with van der Waals surface area (Å²) in [5.41, 5.74) is 0. The van der Waals surface area contributed by atoms with Gasteiger partial charge in [-0.15, -0.1) is 0 Å². The van der Waals surface area contributed by atoms with Crippen molar-refractivity contribution < 1.29 is 32.9 Å². The van der Waals surface area contributed by atoms with Gasteiger partial charge in [0.1, 0.15) is 13.2 Å². The molecule has 0 saturated carbocycles. The van der Waals surface area contributed by atoms with Gasteiger partial charge in [-0.1, -0.05) is 193 Å². The Morgan fingerprint density at radius 1 is 0.618 bits per heavy atom. The second kappa shape index (κ2) is 38.7. The van der Waals surface area contributed by atoms with E-state index in [1.54, 1.807) is 0 Å². The smallest absolute Gasteiger partial charge is 0.268 e. The van der Waals surface area contributed by atoms with Gasteiger partial charge in [0, 0.05) is 6.42 Å². The zero-order valence-corrected chi connectivity index (χ0v) is 38.0. The zero-order chi connectivity index (χ0) is 40.7. The zero-order valence-electron chi connectivity index (χ0n) is 37.1. The summed E-state index contributed by atoms with van der Waals surface area (Å²) in [6.45, 7) is 4.72. The number of nitrogens with one attached hydrogen (secondary N) is 1. The molecule has 0 aromatic heterocycles. The van der Waals surface area contributed by atoms with Gasteiger partial charge in [-0.2, -0.15) is 0 Å². The molecule has 0 aliphatic rings. The Hall–Kier alpha value is -0.760. The van der Waals surface area contributed by atoms with Crippen molar-refractivity contribution in [2.75, 3.05) is 40.9 Å². The average Bonchev–Trinajstić information content (AvgIpc) is 3.13. The molecule has 1 amide bonds. The lowest BCUT2D eigenvalue weighted by Gasteiger charge is -2.30. The van der Waals surface area contributed by atoms with Gasteiger partial charge in [0.15, 0.2) is 0 Å². The first-order valence-electron chi connectivity index (χ1n) is 23.5. The number of amides is 1. The minimum atomic E-state index is -4.56. The molecule has 0 bridgehead atoms. The maximum Gasteiger partial charge on any atom is 0.268 e. The van der Waals surface area contributed by atoms with Gasteiger partial charge in [0.05, 0.1) is 39.9 Å². The average molecular weight is 801 g/mol. The van der Waals surface area contributed by atoms with Crippen LogP contribution in [0.2, 0.25) is 0 Å². The lowest BCUT2D eigenvalue weighted by Crippen LogP contribution is -2.46. The number of hydrogen-bond acceptors (Lipinski definition) is 6. The maximum atomic E-state index is 12.9. The summed E-state index contributed by atoms with van der Waals surface area (Å²) in [5, 5.41) is 13.9. The SMILES string of the molecule is CCCCCCCC/C=C\CCCCCCCC(=O)NC(COP(=O)([O-])OCC[N+](C)(C)C)C(O)CCCCCCCCCCCCCCCCCCCC. The van der Waals surface area contributed by atoms with Crippen LogP contribution >= 0.6 is 7.82 Å². The van der Waals surface area contributed by atoms with Crippen LogP contribution in [-0.2, 0) is 18.4 Å². The number of phosphoric acid groups is 1. The fourth-order valence-corrected chi connectivity index (χ4v) is 7.70. The minimum absolute atomic E-state index is 0.0125. The molecular formula is C46H93N2O6P. The quantitative estimate of drug-likeness (QED) is 0.0275. The lowest BCUT2D eigenvalue weighted by molar-refractivity contribution is -0.870. The Balaban J connectivity index is 4.32. The number of carbonyl (C=O) groups excluding carboxylic acids is 1. The molecule has 0 rings (SSSR count). The van der Waals surface area contributed by atoms with Gasteiger partial charge in [-0.25, -0.2) is 0 Å². The molecule has 9 heteroatoms. The third-order valence-corrected chi connectivity index (χ3v) is 11.7. The van der Waals surface area contributed by atoms with Gasteiger partial charge in [-0.3, -0.25) is 9.36 Å². The van der Waals surface area contributed by atoms with Crippen molar-refractivity contribution in [2.45, 2.75) is 238 Å². The van der Waals surface area contributed by atoms with E-state index in [1.165, 1.54) is 148 Å². The van der Waals surface area contributed by atoms with E-state index in [1.807, 2.05) is 21.1 Å². The van der Waals surface area contributed by atoms with Crippen molar-refractivity contribution in [3.8, 4) is 0 Å². The molecule has 0 aromatic carbocycles. The summed E-state index contributed by atoms with van der Waals surface area (Å²) in [4.78, 5) is 25.3. The van der Waals surface area contributed by atoms with Crippen LogP contribution in [0.3, 0.4) is 0 Å². The Morgan fingerprint density at radius 2 is 1.00 bits per heavy atom. The predicted octanol–water partition coefficient (Wildman–Crippen LogP) is 12.5. The van der Waals surface area contributed by atoms with Crippen molar-refractivity contribution in [3.63, 3.8) is 0 Å². The van der Waals surface area contributed by atoms with Crippen LogP contribution in [0, 0.1) is 0 Å². The fourth-order valence-electron chi connectivity index (χ4n) is 6.98. The molecule has 3 unspecified atom stereocenters. The summed E-state index contributed by atoms with van der Waals surface area (Å²) in [7, 11) is 1.31. The van der Waals surface area contributed by atoms with Crippen LogP contribution in [0.5, 0.6) is 0 Å². The molecule has 0 aliphatic heterocycles. The topological polar surface area (TPSA) is 108 Å². The highest BCUT2D eigenvalue weighted by Crippen LogP contribution is 2.38. The molecule has 0 saturated heterocycles. The molecule has 55 heavy (non-hydrogen) atoms. The summed E-state index contributed by atoms with van der Waals surface area (Å²) in [5.74, 6) is -0.172. The number of rotatable bonds is 43. The van der Waals surface area contributed by atoms with Crippen LogP contribution in [0.25, 0.3) is 0 Å². The number of likely N-dealkylation sites (N-methyl/N-ethyl adjacent to an activating group) is 1. The second-order valence-electron chi connectivity index (χ2n) is 17.5. The summed E-state index contributed by atoms with van der Waals surface area (Å²) < 4.78 is 23.3. The third kappa shape index (κ3) is 41.2. The number of phosphoric ester groups is 1. The molecule has 0 heterocycles. The standard InChI is InChI=1S/C46H93N2O6P/c1-6-8-10-12-14-16-18-20-22-23-24-26-27-29-31-33-35-37-39-45(49)44(43-54-55(51,52)53-42-41-48(3,4)5)47-46(50)40-38-36-34-32-30-28-25-21-19-17-15-13-11-9-7-2/h21,25,44-45,49H,6-20,22-24,26-43H2,1-5H3,(H-,47,50,51,52)/b25-21-. The normalized spacial score (nSPS) is 14.4. The highest BCUT2D eigenvalue weighted by Gasteiger charge is 2.24. The summed E-state index contributed by atoms with van der Waals surface area (Å²) in [6, 6.07) is -0.800. The van der Waals surface area contributed by atoms with E-state index in [-0.39, 0.29) is 19.1 Å². The van der Waals surface area contributed by atoms with Crippen LogP contribution in [-0.4, -0.2) is 68.5 Å². The van der Waals surface area contributed by atoms with E-state index in [9.17, 15) is 19.4 Å². The number of quaternary nitrogens is 1. The van der Waals surface area contributed by atoms with Crippen molar-refractivity contribution in [1.29, 1.82) is 0 Å². The number of carbonyl (C=O) groups is 1. The first kappa shape index (κ1) is 54.2. The molecule has 0 aliphatic carbocycles. The monoisotopic (exact) mass is 801 g/mol. The van der Waals surface area contributed by atoms with Gasteiger partial charge in [0.2, 0.25) is 5.91 Å². The van der Waals surface area contributed by atoms with Gasteiger partial charge >= 0.3 is 0 Å². The highest BCUT2D eigenvalue weighted by molar-refractivity contribution is 7.45. The summed E-state index contributed by atoms with van der Waals surface area (Å²) in [6.07, 6.45) is 43.5. The lowest BCUT2D eigenvalue weighted by atomic mass is 10.0. The molecule has 0 spiro atoms. The van der Waals surface area contributed by atoms with E-state index in [4.69, 9.17) is 9.05 Å². The molecule has 3 atom stereocenters. The van der Waals surface area contributed by atoms with E-state index >= 15 is 0 Å². The van der Waals surface area contributed by atoms with E-state index in [2.05, 4.69) is 31.3 Å². The first-order valence-corrected chi connectivity index (χ1v) is 25.0. The molecule has 0 aromatic rings. The highest BCUT2D eigenvalue weighted by atomic mass is 31.2. The second-order valence-corrected chi connectivity index (χ2v) is 18.9. The van der Waals surface area contributed by atoms with Crippen LogP contribution in [0.4, 0.5) is 0 Å². The van der Waals surface area contributed by atoms with Crippen molar-refractivity contribution in [3.05, 3.63) is 12.2 Å². The van der Waals surface area contributed by atoms with Crippen LogP contribution in [0.1, 0.15) is 226 Å². The minimum Gasteiger partial charge on any atom is -0.756 e. The van der Waals surface area contributed by atoms with Crippen molar-refractivity contribution >= 4 is 13.7 Å². The molecule has 0 radical (unpaired) electrons. The molecular weight excluding hydrogens is 707 g/mol. The van der Waals surface area contributed by atoms with E-state index in [0.717, 1.165) is 51.4 Å². The number of unbranched alkanes of at least 4 members (excludes halogenated alkanes) is 28. The van der Waals surface area contributed by atoms with Gasteiger partial charge in [-0.05, 0) is 38.5 Å². The Labute approximate surface area is 342 Å². The summed E-state index contributed by atoms with van der Waals surface area (Å²) >= 11 is 0. The molecule has 8 nitrogen and oxygen atoms in total. The largest absolute Gasteiger partial charge is 0.756 e. The fraction of sp³-hybridized carbons (Fsp3) is 0.935. The maximum absolute atomic E-state index is 12.9. The van der Waals surface area contributed by atoms with Crippen LogP contribution in [0.15, 0.2) is 12.2 Å². The Bertz CT molecular complexity index is 911. The first-order chi connectivity index (χ1) is 26.5. The number of aliphatic hydroxyl groups is 1. The Morgan fingerprint density at radius 3 is 1.42 bits per heavy atom. The third-order valence-electron chi connectivity index (χ3n) is 10.8. The molecule has 2 N–H and O–H groups in total. The Kier molecular flexibility index (Phi) is 38.2. The van der Waals surface area contributed by atoms with Crippen molar-refractivity contribution in [2.24, 2.45) is 0 Å². The van der Waals surface area contributed by atoms with E-state index < -0.39 is 20.0 Å². The van der Waals surface area contributed by atoms with Gasteiger partial charge < -0.3 is 28.8 Å². The van der Waals surface area contributed by atoms with Crippen LogP contribution < -0.4 is 10.2 Å². The molecule has 0 fully saturated rings. The number of aliphatic hydroxyl groups excluding tert-OH is 1. The van der Waals surface area contributed by atoms with E-state index in [0.29, 0.717) is 23.9 Å². The van der Waals surface area contributed by atoms with Gasteiger partial charge in [0.25, 0.3) is 7.82 Å². The predicted molar refractivity (Wildman–Crippen MR) is 233 cm³/mol. The van der Waals surface area contributed by atoms with Crippen molar-refractivity contribution in [1.82, 2.24) is 5.32 Å².